The van der Waals surface area contributed by atoms with Gasteiger partial charge in [0.25, 0.3) is 0 Å². The average molecular weight is 301 g/mol. The molecule has 20 heavy (non-hydrogen) atoms. The number of carbonyl (C=O) groups is 1. The van der Waals surface area contributed by atoms with Crippen LogP contribution in [0.1, 0.15) is 25.1 Å². The number of hydrogen-bond acceptors (Lipinski definition) is 5. The molecule has 8 nitrogen and oxygen atoms in total. The van der Waals surface area contributed by atoms with Crippen LogP contribution < -0.4 is 0 Å². The number of aromatic nitrogens is 3. The maximum atomic E-state index is 12.4. The van der Waals surface area contributed by atoms with Crippen molar-refractivity contribution in [3.63, 3.8) is 0 Å². The predicted octanol–water partition coefficient (Wildman–Crippen LogP) is -0.423. The zero-order chi connectivity index (χ0) is 14.8. The van der Waals surface area contributed by atoms with Gasteiger partial charge >= 0.3 is 0 Å². The largest absolute Gasteiger partial charge is 0.337 e. The summed E-state index contributed by atoms with van der Waals surface area (Å²) in [6, 6.07) is -0.605. The molecule has 2 heterocycles. The number of piperidine rings is 1. The number of amides is 1. The third-order valence-electron chi connectivity index (χ3n) is 3.39. The lowest BCUT2D eigenvalue weighted by molar-refractivity contribution is -0.135. The summed E-state index contributed by atoms with van der Waals surface area (Å²) >= 11 is 0. The van der Waals surface area contributed by atoms with Crippen LogP contribution in [0.2, 0.25) is 0 Å². The number of rotatable bonds is 4. The molecule has 1 atom stereocenters. The van der Waals surface area contributed by atoms with Crippen molar-refractivity contribution in [2.75, 3.05) is 19.8 Å². The van der Waals surface area contributed by atoms with E-state index in [4.69, 9.17) is 0 Å². The van der Waals surface area contributed by atoms with Crippen molar-refractivity contribution in [2.45, 2.75) is 31.8 Å². The fourth-order valence-corrected chi connectivity index (χ4v) is 3.53. The Bertz CT molecular complexity index is 557. The van der Waals surface area contributed by atoms with Gasteiger partial charge in [-0.05, 0) is 12.8 Å². The van der Waals surface area contributed by atoms with Crippen LogP contribution >= 0.6 is 0 Å². The van der Waals surface area contributed by atoms with Crippen LogP contribution in [0.25, 0.3) is 0 Å². The van der Waals surface area contributed by atoms with Gasteiger partial charge in [-0.3, -0.25) is 9.89 Å². The lowest BCUT2D eigenvalue weighted by Crippen LogP contribution is -2.51. The topological polar surface area (TPSA) is 99.3 Å². The molecule has 112 valence electrons. The summed E-state index contributed by atoms with van der Waals surface area (Å²) in [5.41, 5.74) is 0. The van der Waals surface area contributed by atoms with Crippen LogP contribution in [-0.4, -0.2) is 64.6 Å². The van der Waals surface area contributed by atoms with E-state index in [0.29, 0.717) is 18.8 Å². The maximum Gasteiger partial charge on any atom is 0.241 e. The van der Waals surface area contributed by atoms with E-state index < -0.39 is 16.1 Å². The van der Waals surface area contributed by atoms with Crippen molar-refractivity contribution in [1.82, 2.24) is 24.4 Å². The van der Waals surface area contributed by atoms with E-state index in [9.17, 15) is 13.2 Å². The van der Waals surface area contributed by atoms with E-state index in [-0.39, 0.29) is 12.5 Å². The molecule has 1 aromatic rings. The van der Waals surface area contributed by atoms with E-state index in [1.165, 1.54) is 15.5 Å². The van der Waals surface area contributed by atoms with Crippen molar-refractivity contribution < 1.29 is 13.2 Å². The highest BCUT2D eigenvalue weighted by Crippen LogP contribution is 2.21. The second-order valence-corrected chi connectivity index (χ2v) is 6.95. The van der Waals surface area contributed by atoms with E-state index >= 15 is 0 Å². The number of hydrogen-bond donors (Lipinski definition) is 1. The van der Waals surface area contributed by atoms with Crippen LogP contribution in [0.5, 0.6) is 0 Å². The molecular formula is C11H19N5O3S. The highest BCUT2D eigenvalue weighted by molar-refractivity contribution is 7.88. The maximum absolute atomic E-state index is 12.4. The summed E-state index contributed by atoms with van der Waals surface area (Å²) in [6.45, 7) is 0.693. The zero-order valence-corrected chi connectivity index (χ0v) is 12.4. The van der Waals surface area contributed by atoms with Crippen LogP contribution in [0.15, 0.2) is 6.33 Å². The first-order valence-corrected chi connectivity index (χ1v) is 8.30. The first-order chi connectivity index (χ1) is 9.39. The van der Waals surface area contributed by atoms with Gasteiger partial charge in [-0.25, -0.2) is 13.4 Å². The Morgan fingerprint density at radius 3 is 2.90 bits per heavy atom. The molecule has 1 aliphatic heterocycles. The molecule has 0 radical (unpaired) electrons. The fraction of sp³-hybridized carbons (Fsp3) is 0.727. The molecule has 0 aliphatic carbocycles. The van der Waals surface area contributed by atoms with Crippen molar-refractivity contribution in [3.8, 4) is 0 Å². The monoisotopic (exact) mass is 301 g/mol. The standard InChI is InChI=1S/C11H19N5O3S/c1-15(7-10-12-8-13-14-10)11(17)9-5-3-4-6-16(9)20(2,18)19/h8-9H,3-7H2,1-2H3,(H,12,13,14). The second kappa shape index (κ2) is 5.88. The van der Waals surface area contributed by atoms with Crippen molar-refractivity contribution >= 4 is 15.9 Å². The van der Waals surface area contributed by atoms with Crippen molar-refractivity contribution in [2.24, 2.45) is 0 Å². The molecular weight excluding hydrogens is 282 g/mol. The van der Waals surface area contributed by atoms with Gasteiger partial charge in [0.1, 0.15) is 18.2 Å². The Kier molecular flexibility index (Phi) is 4.39. The van der Waals surface area contributed by atoms with E-state index in [1.807, 2.05) is 0 Å². The van der Waals surface area contributed by atoms with Crippen molar-refractivity contribution in [1.29, 1.82) is 0 Å². The number of sulfonamides is 1. The SMILES string of the molecule is CN(Cc1ncn[nH]1)C(=O)C1CCCCN1S(C)(=O)=O. The molecule has 1 fully saturated rings. The highest BCUT2D eigenvalue weighted by Gasteiger charge is 2.35. The van der Waals surface area contributed by atoms with Gasteiger partial charge < -0.3 is 4.90 Å². The summed E-state index contributed by atoms with van der Waals surface area (Å²) in [5, 5.41) is 6.40. The van der Waals surface area contributed by atoms with E-state index in [2.05, 4.69) is 15.2 Å². The number of likely N-dealkylation sites (N-methyl/N-ethyl adjacent to an activating group) is 1. The number of nitrogens with zero attached hydrogens (tertiary/aromatic N) is 4. The molecule has 1 saturated heterocycles. The number of nitrogens with one attached hydrogen (secondary N) is 1. The lowest BCUT2D eigenvalue weighted by atomic mass is 10.0. The minimum absolute atomic E-state index is 0.202. The van der Waals surface area contributed by atoms with Gasteiger partial charge in [-0.2, -0.15) is 9.40 Å². The van der Waals surface area contributed by atoms with Gasteiger partial charge in [0.2, 0.25) is 15.9 Å². The molecule has 1 aliphatic rings. The molecule has 1 N–H and O–H groups in total. The summed E-state index contributed by atoms with van der Waals surface area (Å²) < 4.78 is 24.8. The number of carbonyl (C=O) groups excluding carboxylic acids is 1. The van der Waals surface area contributed by atoms with Crippen LogP contribution in [-0.2, 0) is 21.4 Å². The molecule has 1 aromatic heterocycles. The fourth-order valence-electron chi connectivity index (χ4n) is 2.41. The normalized spacial score (nSPS) is 20.8. The smallest absolute Gasteiger partial charge is 0.241 e. The van der Waals surface area contributed by atoms with E-state index in [1.54, 1.807) is 7.05 Å². The molecule has 0 aromatic carbocycles. The summed E-state index contributed by atoms with van der Waals surface area (Å²) in [7, 11) is -1.73. The Balaban J connectivity index is 2.09. The molecule has 2 rings (SSSR count). The molecule has 0 bridgehead atoms. The Labute approximate surface area is 118 Å². The van der Waals surface area contributed by atoms with Crippen molar-refractivity contribution in [3.05, 3.63) is 12.2 Å². The van der Waals surface area contributed by atoms with Gasteiger partial charge in [0.05, 0.1) is 12.8 Å². The van der Waals surface area contributed by atoms with Crippen LogP contribution in [0, 0.1) is 0 Å². The summed E-state index contributed by atoms with van der Waals surface area (Å²) in [6.07, 6.45) is 4.74. The average Bonchev–Trinajstić information content (AvgIpc) is 2.89. The van der Waals surface area contributed by atoms with Crippen LogP contribution in [0.4, 0.5) is 0 Å². The molecule has 1 amide bonds. The number of aromatic amines is 1. The Morgan fingerprint density at radius 2 is 2.30 bits per heavy atom. The molecule has 0 saturated carbocycles. The number of H-pyrrole nitrogens is 1. The third kappa shape index (κ3) is 3.34. The third-order valence-corrected chi connectivity index (χ3v) is 4.68. The minimum atomic E-state index is -3.37. The lowest BCUT2D eigenvalue weighted by Gasteiger charge is -2.34. The van der Waals surface area contributed by atoms with Gasteiger partial charge in [0, 0.05) is 13.6 Å². The highest BCUT2D eigenvalue weighted by atomic mass is 32.2. The summed E-state index contributed by atoms with van der Waals surface area (Å²) in [4.78, 5) is 17.9. The summed E-state index contributed by atoms with van der Waals surface area (Å²) in [5.74, 6) is 0.370. The quantitative estimate of drug-likeness (QED) is 0.814. The first kappa shape index (κ1) is 14.9. The first-order valence-electron chi connectivity index (χ1n) is 6.45. The van der Waals surface area contributed by atoms with Gasteiger partial charge in [-0.1, -0.05) is 6.42 Å². The second-order valence-electron chi connectivity index (χ2n) is 5.01. The van der Waals surface area contributed by atoms with Crippen LogP contribution in [0.3, 0.4) is 0 Å². The zero-order valence-electron chi connectivity index (χ0n) is 11.6. The van der Waals surface area contributed by atoms with Gasteiger partial charge in [-0.15, -0.1) is 0 Å². The minimum Gasteiger partial charge on any atom is -0.337 e. The predicted molar refractivity (Wildman–Crippen MR) is 72.0 cm³/mol. The van der Waals surface area contributed by atoms with E-state index in [0.717, 1.165) is 19.1 Å². The molecule has 0 spiro atoms. The molecule has 9 heteroatoms. The Morgan fingerprint density at radius 1 is 1.55 bits per heavy atom. The Hall–Kier alpha value is -1.48. The molecule has 1 unspecified atom stereocenters. The van der Waals surface area contributed by atoms with Gasteiger partial charge in [0.15, 0.2) is 0 Å².